The Balaban J connectivity index is 1.40. The highest BCUT2D eigenvalue weighted by Crippen LogP contribution is 2.38. The summed E-state index contributed by atoms with van der Waals surface area (Å²) in [6.45, 7) is 2.80. The smallest absolute Gasteiger partial charge is 0.109 e. The highest BCUT2D eigenvalue weighted by Gasteiger charge is 2.39. The average molecular weight is 374 g/mol. The third-order valence-electron chi connectivity index (χ3n) is 6.77. The van der Waals surface area contributed by atoms with Crippen molar-refractivity contribution in [3.63, 3.8) is 0 Å². The topological polar surface area (TPSA) is 39.1 Å². The molecule has 3 heteroatoms. The predicted octanol–water partition coefficient (Wildman–Crippen LogP) is 4.86. The molecule has 146 valence electrons. The largest absolute Gasteiger partial charge is 0.300 e. The van der Waals surface area contributed by atoms with E-state index in [0.717, 1.165) is 32.5 Å². The van der Waals surface area contributed by atoms with Gasteiger partial charge in [-0.15, -0.1) is 0 Å². The molecule has 3 nitrogen and oxygen atoms in total. The van der Waals surface area contributed by atoms with Crippen LogP contribution in [0.15, 0.2) is 60.7 Å². The number of hydrogen-bond donors (Lipinski definition) is 1. The van der Waals surface area contributed by atoms with Crippen LogP contribution in [0.3, 0.4) is 0 Å². The van der Waals surface area contributed by atoms with E-state index in [1.807, 2.05) is 6.07 Å². The van der Waals surface area contributed by atoms with Crippen LogP contribution in [0.4, 0.5) is 0 Å². The van der Waals surface area contributed by atoms with Gasteiger partial charge in [-0.1, -0.05) is 73.5 Å². The van der Waals surface area contributed by atoms with Gasteiger partial charge in [0.05, 0.1) is 6.07 Å². The number of nitriles is 1. The average Bonchev–Trinajstić information content (AvgIpc) is 2.79. The van der Waals surface area contributed by atoms with E-state index in [1.165, 1.54) is 36.8 Å². The SMILES string of the molecule is N#CC1(NCc2ccccc2)CCN(C2CCCCC2c2ccccc2)CC1. The fourth-order valence-electron chi connectivity index (χ4n) is 5.07. The molecule has 1 aliphatic carbocycles. The predicted molar refractivity (Wildman–Crippen MR) is 114 cm³/mol. The van der Waals surface area contributed by atoms with Crippen molar-refractivity contribution in [2.24, 2.45) is 0 Å². The molecule has 2 fully saturated rings. The molecule has 2 unspecified atom stereocenters. The summed E-state index contributed by atoms with van der Waals surface area (Å²) in [5.74, 6) is 0.641. The molecule has 0 aromatic heterocycles. The monoisotopic (exact) mass is 373 g/mol. The zero-order valence-corrected chi connectivity index (χ0v) is 16.7. The minimum Gasteiger partial charge on any atom is -0.300 e. The summed E-state index contributed by atoms with van der Waals surface area (Å²) in [5.41, 5.74) is 2.35. The quantitative estimate of drug-likeness (QED) is 0.813. The first-order valence-corrected chi connectivity index (χ1v) is 10.8. The Hall–Kier alpha value is -2.15. The molecular formula is C25H31N3. The van der Waals surface area contributed by atoms with E-state index < -0.39 is 0 Å². The molecule has 2 aromatic rings. The van der Waals surface area contributed by atoms with Crippen LogP contribution < -0.4 is 5.32 Å². The molecule has 2 atom stereocenters. The van der Waals surface area contributed by atoms with Gasteiger partial charge in [0, 0.05) is 25.7 Å². The van der Waals surface area contributed by atoms with Gasteiger partial charge in [0.2, 0.25) is 0 Å². The summed E-state index contributed by atoms with van der Waals surface area (Å²) in [5, 5.41) is 13.5. The number of benzene rings is 2. The minimum absolute atomic E-state index is 0.386. The van der Waals surface area contributed by atoms with Gasteiger partial charge in [0.1, 0.15) is 5.54 Å². The van der Waals surface area contributed by atoms with Crippen molar-refractivity contribution in [2.45, 2.75) is 62.6 Å². The molecule has 1 aliphatic heterocycles. The molecule has 0 bridgehead atoms. The lowest BCUT2D eigenvalue weighted by atomic mass is 9.77. The van der Waals surface area contributed by atoms with Crippen LogP contribution in [0.2, 0.25) is 0 Å². The number of hydrogen-bond acceptors (Lipinski definition) is 3. The van der Waals surface area contributed by atoms with Gasteiger partial charge in [0.25, 0.3) is 0 Å². The van der Waals surface area contributed by atoms with E-state index in [9.17, 15) is 5.26 Å². The first kappa shape index (κ1) is 19.2. The molecule has 1 saturated carbocycles. The molecule has 1 N–H and O–H groups in total. The van der Waals surface area contributed by atoms with Crippen LogP contribution in [0.1, 0.15) is 55.6 Å². The fourth-order valence-corrected chi connectivity index (χ4v) is 5.07. The van der Waals surface area contributed by atoms with Gasteiger partial charge < -0.3 is 0 Å². The summed E-state index contributed by atoms with van der Waals surface area (Å²) in [7, 11) is 0. The van der Waals surface area contributed by atoms with Crippen molar-refractivity contribution in [3.05, 3.63) is 71.8 Å². The second-order valence-electron chi connectivity index (χ2n) is 8.44. The minimum atomic E-state index is -0.386. The van der Waals surface area contributed by atoms with E-state index in [4.69, 9.17) is 0 Å². The Kier molecular flexibility index (Phi) is 6.10. The molecule has 28 heavy (non-hydrogen) atoms. The van der Waals surface area contributed by atoms with Gasteiger partial charge in [0.15, 0.2) is 0 Å². The van der Waals surface area contributed by atoms with E-state index in [2.05, 4.69) is 70.9 Å². The molecule has 0 radical (unpaired) electrons. The van der Waals surface area contributed by atoms with E-state index >= 15 is 0 Å². The van der Waals surface area contributed by atoms with E-state index in [-0.39, 0.29) is 5.54 Å². The van der Waals surface area contributed by atoms with Crippen LogP contribution in [0.5, 0.6) is 0 Å². The summed E-state index contributed by atoms with van der Waals surface area (Å²) < 4.78 is 0. The lowest BCUT2D eigenvalue weighted by Gasteiger charge is -2.45. The number of rotatable bonds is 5. The maximum absolute atomic E-state index is 9.92. The van der Waals surface area contributed by atoms with Gasteiger partial charge in [-0.3, -0.25) is 10.2 Å². The number of nitrogens with one attached hydrogen (secondary N) is 1. The fraction of sp³-hybridized carbons (Fsp3) is 0.480. The highest BCUT2D eigenvalue weighted by atomic mass is 15.2. The van der Waals surface area contributed by atoms with Crippen LogP contribution in [-0.4, -0.2) is 29.6 Å². The maximum Gasteiger partial charge on any atom is 0.109 e. The van der Waals surface area contributed by atoms with Gasteiger partial charge in [-0.25, -0.2) is 0 Å². The third kappa shape index (κ3) is 4.29. The first-order chi connectivity index (χ1) is 13.8. The summed E-state index contributed by atoms with van der Waals surface area (Å²) in [4.78, 5) is 2.68. The summed E-state index contributed by atoms with van der Waals surface area (Å²) in [6, 6.07) is 24.7. The zero-order valence-electron chi connectivity index (χ0n) is 16.7. The molecule has 1 heterocycles. The van der Waals surface area contributed by atoms with E-state index in [1.54, 1.807) is 0 Å². The lowest BCUT2D eigenvalue weighted by Crippen LogP contribution is -2.55. The first-order valence-electron chi connectivity index (χ1n) is 10.8. The van der Waals surface area contributed by atoms with Crippen molar-refractivity contribution in [2.75, 3.05) is 13.1 Å². The Morgan fingerprint density at radius 3 is 2.25 bits per heavy atom. The standard InChI is InChI=1S/C25H31N3/c26-20-25(27-19-21-9-3-1-4-10-21)15-17-28(18-16-25)24-14-8-7-13-23(24)22-11-5-2-6-12-22/h1-6,9-12,23-24,27H,7-8,13-19H2. The van der Waals surface area contributed by atoms with Crippen LogP contribution in [-0.2, 0) is 6.54 Å². The van der Waals surface area contributed by atoms with Crippen LogP contribution in [0.25, 0.3) is 0 Å². The molecule has 2 aliphatic rings. The van der Waals surface area contributed by atoms with Crippen LogP contribution in [0, 0.1) is 11.3 Å². The number of nitrogens with zero attached hydrogens (tertiary/aromatic N) is 2. The number of piperidine rings is 1. The Morgan fingerprint density at radius 1 is 0.929 bits per heavy atom. The summed E-state index contributed by atoms with van der Waals surface area (Å²) >= 11 is 0. The van der Waals surface area contributed by atoms with Crippen molar-refractivity contribution >= 4 is 0 Å². The van der Waals surface area contributed by atoms with Crippen molar-refractivity contribution in [3.8, 4) is 6.07 Å². The second-order valence-corrected chi connectivity index (χ2v) is 8.44. The van der Waals surface area contributed by atoms with Crippen LogP contribution >= 0.6 is 0 Å². The highest BCUT2D eigenvalue weighted by molar-refractivity contribution is 5.23. The molecule has 0 spiro atoms. The zero-order chi connectivity index (χ0) is 19.2. The van der Waals surface area contributed by atoms with E-state index in [0.29, 0.717) is 12.0 Å². The van der Waals surface area contributed by atoms with Gasteiger partial charge in [-0.05, 0) is 42.7 Å². The maximum atomic E-state index is 9.92. The summed E-state index contributed by atoms with van der Waals surface area (Å²) in [6.07, 6.45) is 7.07. The van der Waals surface area contributed by atoms with Crippen molar-refractivity contribution < 1.29 is 0 Å². The Labute approximate surface area is 169 Å². The lowest BCUT2D eigenvalue weighted by molar-refractivity contribution is 0.0848. The molecular weight excluding hydrogens is 342 g/mol. The third-order valence-corrected chi connectivity index (χ3v) is 6.77. The Bertz CT molecular complexity index is 772. The molecule has 2 aromatic carbocycles. The van der Waals surface area contributed by atoms with Gasteiger partial charge in [-0.2, -0.15) is 5.26 Å². The molecule has 1 saturated heterocycles. The number of likely N-dealkylation sites (tertiary alicyclic amines) is 1. The normalized spacial score (nSPS) is 25.1. The second kappa shape index (κ2) is 8.90. The molecule has 0 amide bonds. The Morgan fingerprint density at radius 2 is 1.57 bits per heavy atom. The van der Waals surface area contributed by atoms with Crippen molar-refractivity contribution in [1.29, 1.82) is 5.26 Å². The molecule has 4 rings (SSSR count). The van der Waals surface area contributed by atoms with Crippen molar-refractivity contribution in [1.82, 2.24) is 10.2 Å². The van der Waals surface area contributed by atoms with Gasteiger partial charge >= 0.3 is 0 Å².